The van der Waals surface area contributed by atoms with Crippen LogP contribution in [0.15, 0.2) is 36.7 Å². The van der Waals surface area contributed by atoms with Gasteiger partial charge in [-0.1, -0.05) is 24.6 Å². The van der Waals surface area contributed by atoms with Crippen molar-refractivity contribution in [1.82, 2.24) is 25.1 Å². The number of para-hydroxylation sites is 1. The third kappa shape index (κ3) is 7.47. The van der Waals surface area contributed by atoms with Gasteiger partial charge in [-0.3, -0.25) is 24.4 Å². The van der Waals surface area contributed by atoms with Crippen molar-refractivity contribution in [2.24, 2.45) is 5.41 Å². The highest BCUT2D eigenvalue weighted by atomic mass is 16.5. The van der Waals surface area contributed by atoms with Gasteiger partial charge in [0.15, 0.2) is 0 Å². The van der Waals surface area contributed by atoms with Gasteiger partial charge in [0.05, 0.1) is 23.4 Å². The van der Waals surface area contributed by atoms with E-state index in [-0.39, 0.29) is 23.6 Å². The van der Waals surface area contributed by atoms with Crippen LogP contribution in [0.3, 0.4) is 0 Å². The first-order valence-electron chi connectivity index (χ1n) is 15.8. The number of benzene rings is 1. The lowest BCUT2D eigenvalue weighted by Gasteiger charge is -2.41. The number of amides is 3. The number of aryl methyl sites for hydroxylation is 2. The predicted octanol–water partition coefficient (Wildman–Crippen LogP) is 4.06. The summed E-state index contributed by atoms with van der Waals surface area (Å²) in [5, 5.41) is 3.18. The number of carbonyl (C=O) groups excluding carboxylic acids is 3. The smallest absolute Gasteiger partial charge is 0.226 e. The van der Waals surface area contributed by atoms with Gasteiger partial charge in [-0.25, -0.2) is 0 Å². The Bertz CT molecular complexity index is 1240. The molecule has 42 heavy (non-hydrogen) atoms. The molecule has 1 unspecified atom stereocenters. The number of carbonyl (C=O) groups is 3. The second-order valence-corrected chi connectivity index (χ2v) is 12.2. The van der Waals surface area contributed by atoms with Crippen LogP contribution < -0.4 is 10.1 Å². The van der Waals surface area contributed by atoms with Crippen LogP contribution in [0.5, 0.6) is 5.75 Å². The lowest BCUT2D eigenvalue weighted by molar-refractivity contribution is -0.141. The van der Waals surface area contributed by atoms with E-state index >= 15 is 0 Å². The number of nitrogens with one attached hydrogen (secondary N) is 1. The van der Waals surface area contributed by atoms with E-state index in [0.717, 1.165) is 68.6 Å². The summed E-state index contributed by atoms with van der Waals surface area (Å²) in [6.45, 7) is 5.48. The monoisotopic (exact) mass is 575 g/mol. The lowest BCUT2D eigenvalue weighted by atomic mass is 9.73. The molecule has 2 fully saturated rings. The molecule has 1 aromatic heterocycles. The Morgan fingerprint density at radius 2 is 1.86 bits per heavy atom. The fraction of sp³-hybridized carbons (Fsp3) is 0.606. The van der Waals surface area contributed by atoms with Crippen molar-refractivity contribution in [2.45, 2.75) is 83.5 Å². The van der Waals surface area contributed by atoms with Crippen LogP contribution in [-0.2, 0) is 27.2 Å². The van der Waals surface area contributed by atoms with Gasteiger partial charge in [0.1, 0.15) is 5.75 Å². The molecule has 0 saturated carbocycles. The predicted molar refractivity (Wildman–Crippen MR) is 160 cm³/mol. The van der Waals surface area contributed by atoms with E-state index < -0.39 is 5.41 Å². The zero-order chi connectivity index (χ0) is 29.4. The highest BCUT2D eigenvalue weighted by molar-refractivity contribution is 5.83. The highest BCUT2D eigenvalue weighted by Crippen LogP contribution is 2.38. The van der Waals surface area contributed by atoms with Crippen LogP contribution >= 0.6 is 0 Å². The van der Waals surface area contributed by atoms with Gasteiger partial charge in [-0.05, 0) is 69.4 Å². The summed E-state index contributed by atoms with van der Waals surface area (Å²) < 4.78 is 6.00. The quantitative estimate of drug-likeness (QED) is 0.590. The minimum Gasteiger partial charge on any atom is -0.493 e. The number of ether oxygens (including phenoxy) is 1. The summed E-state index contributed by atoms with van der Waals surface area (Å²) in [6, 6.07) is 8.24. The van der Waals surface area contributed by atoms with Crippen molar-refractivity contribution in [1.29, 1.82) is 0 Å². The third-order valence-electron chi connectivity index (χ3n) is 9.33. The molecule has 5 rings (SSSR count). The highest BCUT2D eigenvalue weighted by Gasteiger charge is 2.41. The molecule has 1 aromatic carbocycles. The second-order valence-electron chi connectivity index (χ2n) is 12.2. The summed E-state index contributed by atoms with van der Waals surface area (Å²) in [7, 11) is 0. The molecule has 1 atom stereocenters. The lowest BCUT2D eigenvalue weighted by Crippen LogP contribution is -2.50. The van der Waals surface area contributed by atoms with Crippen molar-refractivity contribution in [3.8, 4) is 5.75 Å². The van der Waals surface area contributed by atoms with E-state index in [2.05, 4.69) is 22.4 Å². The first-order chi connectivity index (χ1) is 20.4. The van der Waals surface area contributed by atoms with Gasteiger partial charge in [0.25, 0.3) is 0 Å². The topological polar surface area (TPSA) is 105 Å². The maximum absolute atomic E-state index is 13.4. The van der Waals surface area contributed by atoms with Crippen molar-refractivity contribution in [2.75, 3.05) is 39.3 Å². The van der Waals surface area contributed by atoms with E-state index in [1.54, 1.807) is 19.3 Å². The second kappa shape index (κ2) is 14.1. The molecule has 3 aliphatic heterocycles. The minimum absolute atomic E-state index is 0.0995. The van der Waals surface area contributed by atoms with Crippen molar-refractivity contribution in [3.05, 3.63) is 53.6 Å². The average molecular weight is 576 g/mol. The molecule has 9 nitrogen and oxygen atoms in total. The summed E-state index contributed by atoms with van der Waals surface area (Å²) in [5.74, 6) is 1.48. The first kappa shape index (κ1) is 30.0. The zero-order valence-electron chi connectivity index (χ0n) is 25.0. The Morgan fingerprint density at radius 1 is 1.02 bits per heavy atom. The summed E-state index contributed by atoms with van der Waals surface area (Å²) >= 11 is 0. The number of nitrogens with zero attached hydrogens (tertiary/aromatic N) is 4. The summed E-state index contributed by atoms with van der Waals surface area (Å²) in [5.41, 5.74) is 2.54. The Labute approximate surface area is 249 Å². The first-order valence-corrected chi connectivity index (χ1v) is 15.8. The summed E-state index contributed by atoms with van der Waals surface area (Å²) in [4.78, 5) is 51.5. The van der Waals surface area contributed by atoms with Gasteiger partial charge in [0, 0.05) is 64.4 Å². The van der Waals surface area contributed by atoms with Gasteiger partial charge < -0.3 is 19.9 Å². The molecule has 2 saturated heterocycles. The van der Waals surface area contributed by atoms with Crippen LogP contribution in [0.4, 0.5) is 0 Å². The van der Waals surface area contributed by atoms with Crippen molar-refractivity contribution < 1.29 is 19.1 Å². The number of likely N-dealkylation sites (tertiary alicyclic amines) is 2. The average Bonchev–Trinajstić information content (AvgIpc) is 3.03. The molecule has 226 valence electrons. The Morgan fingerprint density at radius 3 is 2.69 bits per heavy atom. The van der Waals surface area contributed by atoms with Gasteiger partial charge in [-0.15, -0.1) is 0 Å². The molecule has 1 N–H and O–H groups in total. The standard InChI is InChI=1S/C33H45N5O4/c1-25(39)38-18-6-10-27(24-38)29-23-34-22-28(36-29)12-13-31(40)37-19-15-33(16-20-37)14-5-4-9-26-8-2-3-11-30(26)42-21-7-17-35-32(33)41/h2-3,8,11,22-23,27H,4-7,9-10,12-21,24H2,1H3,(H,35,41). The van der Waals surface area contributed by atoms with Gasteiger partial charge >= 0.3 is 0 Å². The number of hydrogen-bond acceptors (Lipinski definition) is 6. The van der Waals surface area contributed by atoms with Gasteiger partial charge in [-0.2, -0.15) is 0 Å². The largest absolute Gasteiger partial charge is 0.493 e. The normalized spacial score (nSPS) is 21.6. The van der Waals surface area contributed by atoms with E-state index in [1.807, 2.05) is 21.9 Å². The molecule has 9 heteroatoms. The van der Waals surface area contributed by atoms with Gasteiger partial charge in [0.2, 0.25) is 17.7 Å². The third-order valence-corrected chi connectivity index (χ3v) is 9.33. The van der Waals surface area contributed by atoms with Crippen molar-refractivity contribution in [3.63, 3.8) is 0 Å². The Balaban J connectivity index is 1.14. The molecular weight excluding hydrogens is 530 g/mol. The SMILES string of the molecule is CC(=O)N1CCCC(c2cncc(CCC(=O)N3CCC4(CCCCc5ccccc5OCCCNC4=O)CC3)n2)C1. The Kier molecular flexibility index (Phi) is 10.1. The molecule has 1 spiro atoms. The van der Waals surface area contributed by atoms with Crippen molar-refractivity contribution >= 4 is 17.7 Å². The van der Waals surface area contributed by atoms with E-state index in [0.29, 0.717) is 58.5 Å². The molecule has 2 aromatic rings. The molecule has 4 heterocycles. The minimum atomic E-state index is -0.418. The van der Waals surface area contributed by atoms with Crippen LogP contribution in [0.2, 0.25) is 0 Å². The zero-order valence-corrected chi connectivity index (χ0v) is 25.0. The van der Waals surface area contributed by atoms with Crippen LogP contribution in [0.25, 0.3) is 0 Å². The molecule has 3 aliphatic rings. The number of fused-ring (bicyclic) bond motifs is 1. The number of aromatic nitrogens is 2. The molecule has 3 amide bonds. The van der Waals surface area contributed by atoms with E-state index in [1.165, 1.54) is 5.56 Å². The fourth-order valence-electron chi connectivity index (χ4n) is 6.69. The summed E-state index contributed by atoms with van der Waals surface area (Å²) in [6.07, 6.45) is 12.3. The van der Waals surface area contributed by atoms with Crippen LogP contribution in [0, 0.1) is 5.41 Å². The molecule has 0 bridgehead atoms. The molecule has 0 radical (unpaired) electrons. The van der Waals surface area contributed by atoms with E-state index in [4.69, 9.17) is 9.72 Å². The maximum Gasteiger partial charge on any atom is 0.226 e. The molecular formula is C33H45N5O4. The number of rotatable bonds is 4. The fourth-order valence-corrected chi connectivity index (χ4v) is 6.69. The maximum atomic E-state index is 13.4. The number of piperidine rings is 2. The number of hydrogen-bond donors (Lipinski definition) is 1. The van der Waals surface area contributed by atoms with Crippen LogP contribution in [-0.4, -0.2) is 76.8 Å². The van der Waals surface area contributed by atoms with E-state index in [9.17, 15) is 14.4 Å². The Hall–Kier alpha value is -3.49. The van der Waals surface area contributed by atoms with Crippen LogP contribution in [0.1, 0.15) is 87.6 Å². The molecule has 0 aliphatic carbocycles.